The van der Waals surface area contributed by atoms with Gasteiger partial charge >= 0.3 is 0 Å². The number of fused-ring (bicyclic) bond motifs is 1. The summed E-state index contributed by atoms with van der Waals surface area (Å²) in [5.74, 6) is 1.14. The number of aliphatic hydroxyl groups is 1. The third kappa shape index (κ3) is 5.87. The van der Waals surface area contributed by atoms with Crippen LogP contribution in [0, 0.1) is 19.8 Å². The van der Waals surface area contributed by atoms with Crippen molar-refractivity contribution in [3.8, 4) is 0 Å². The van der Waals surface area contributed by atoms with Gasteiger partial charge < -0.3 is 14.8 Å². The fourth-order valence-corrected chi connectivity index (χ4v) is 5.17. The van der Waals surface area contributed by atoms with Gasteiger partial charge in [-0.1, -0.05) is 33.1 Å². The minimum Gasteiger partial charge on any atom is -0.389 e. The van der Waals surface area contributed by atoms with Gasteiger partial charge in [-0.05, 0) is 38.2 Å². The number of aryl methyl sites for hydroxylation is 2. The Bertz CT molecular complexity index is 855. The fraction of sp³-hybridized carbons (Fsp3) is 0.727. The second-order valence-corrected chi connectivity index (χ2v) is 9.99. The first-order valence-electron chi connectivity index (χ1n) is 10.8. The summed E-state index contributed by atoms with van der Waals surface area (Å²) >= 11 is 1.58. The van der Waals surface area contributed by atoms with Crippen LogP contribution in [0.25, 0.3) is 10.2 Å². The molecule has 1 aliphatic carbocycles. The van der Waals surface area contributed by atoms with Crippen LogP contribution in [0.1, 0.15) is 62.2 Å². The van der Waals surface area contributed by atoms with Gasteiger partial charge in [-0.25, -0.2) is 4.98 Å². The minimum absolute atomic E-state index is 0.0590. The Labute approximate surface area is 177 Å². The SMILES string of the molecule is Cc1sc2nc(CN(CC(O)COCC(C)C)C3CCCCC3)[nH]c(=O)c2c1C. The van der Waals surface area contributed by atoms with Crippen LogP contribution in [0.2, 0.25) is 0 Å². The van der Waals surface area contributed by atoms with Gasteiger partial charge in [-0.3, -0.25) is 9.69 Å². The summed E-state index contributed by atoms with van der Waals surface area (Å²) in [6.45, 7) is 10.3. The first-order chi connectivity index (χ1) is 13.8. The number of aromatic amines is 1. The van der Waals surface area contributed by atoms with Crippen molar-refractivity contribution in [2.24, 2.45) is 5.92 Å². The van der Waals surface area contributed by atoms with Crippen LogP contribution in [0.15, 0.2) is 4.79 Å². The lowest BCUT2D eigenvalue weighted by atomic mass is 9.94. The molecule has 1 atom stereocenters. The first-order valence-corrected chi connectivity index (χ1v) is 11.7. The Morgan fingerprint density at radius 3 is 2.66 bits per heavy atom. The van der Waals surface area contributed by atoms with E-state index in [2.05, 4.69) is 23.7 Å². The number of aromatic nitrogens is 2. The van der Waals surface area contributed by atoms with Gasteiger partial charge in [0.15, 0.2) is 0 Å². The molecule has 1 fully saturated rings. The number of nitrogens with zero attached hydrogens (tertiary/aromatic N) is 2. The average Bonchev–Trinajstić information content (AvgIpc) is 2.96. The van der Waals surface area contributed by atoms with E-state index >= 15 is 0 Å². The highest BCUT2D eigenvalue weighted by Gasteiger charge is 2.25. The average molecular weight is 422 g/mol. The maximum Gasteiger partial charge on any atom is 0.259 e. The van der Waals surface area contributed by atoms with Gasteiger partial charge in [0, 0.05) is 24.1 Å². The summed E-state index contributed by atoms with van der Waals surface area (Å²) in [7, 11) is 0. The Balaban J connectivity index is 1.75. The summed E-state index contributed by atoms with van der Waals surface area (Å²) in [6.07, 6.45) is 5.42. The van der Waals surface area contributed by atoms with E-state index in [1.165, 1.54) is 19.3 Å². The Morgan fingerprint density at radius 2 is 1.97 bits per heavy atom. The highest BCUT2D eigenvalue weighted by Crippen LogP contribution is 2.27. The third-order valence-corrected chi connectivity index (χ3v) is 6.84. The molecule has 1 unspecified atom stereocenters. The summed E-state index contributed by atoms with van der Waals surface area (Å²) < 4.78 is 5.64. The van der Waals surface area contributed by atoms with E-state index < -0.39 is 6.10 Å². The topological polar surface area (TPSA) is 78.5 Å². The number of H-pyrrole nitrogens is 1. The summed E-state index contributed by atoms with van der Waals surface area (Å²) in [6, 6.07) is 0.413. The monoisotopic (exact) mass is 421 g/mol. The number of nitrogens with one attached hydrogen (secondary N) is 1. The van der Waals surface area contributed by atoms with Gasteiger partial charge in [0.25, 0.3) is 5.56 Å². The molecule has 0 bridgehead atoms. The highest BCUT2D eigenvalue weighted by molar-refractivity contribution is 7.18. The van der Waals surface area contributed by atoms with E-state index in [-0.39, 0.29) is 5.56 Å². The van der Waals surface area contributed by atoms with Crippen molar-refractivity contribution in [3.05, 3.63) is 26.6 Å². The maximum atomic E-state index is 12.6. The number of rotatable bonds is 9. The Morgan fingerprint density at radius 1 is 1.24 bits per heavy atom. The molecule has 0 saturated heterocycles. The normalized spacial score (nSPS) is 16.9. The summed E-state index contributed by atoms with van der Waals surface area (Å²) in [5.41, 5.74) is 0.961. The number of thiophene rings is 1. The van der Waals surface area contributed by atoms with Crippen LogP contribution in [0.3, 0.4) is 0 Å². The molecular formula is C22H35N3O3S. The van der Waals surface area contributed by atoms with Crippen LogP contribution in [-0.2, 0) is 11.3 Å². The smallest absolute Gasteiger partial charge is 0.259 e. The second kappa shape index (κ2) is 10.2. The molecule has 29 heavy (non-hydrogen) atoms. The zero-order valence-corrected chi connectivity index (χ0v) is 19.0. The van der Waals surface area contributed by atoms with Gasteiger partial charge in [0.05, 0.1) is 24.6 Å². The third-order valence-electron chi connectivity index (χ3n) is 5.74. The number of ether oxygens (including phenoxy) is 1. The van der Waals surface area contributed by atoms with Crippen LogP contribution in [0.4, 0.5) is 0 Å². The molecule has 2 aromatic heterocycles. The van der Waals surface area contributed by atoms with E-state index in [0.29, 0.717) is 49.5 Å². The highest BCUT2D eigenvalue weighted by atomic mass is 32.1. The van der Waals surface area contributed by atoms with E-state index in [0.717, 1.165) is 28.1 Å². The second-order valence-electron chi connectivity index (χ2n) is 8.78. The number of hydrogen-bond donors (Lipinski definition) is 2. The van der Waals surface area contributed by atoms with E-state index in [9.17, 15) is 9.90 Å². The van der Waals surface area contributed by atoms with Gasteiger partial charge in [0.2, 0.25) is 0 Å². The molecule has 162 valence electrons. The van der Waals surface area contributed by atoms with Crippen molar-refractivity contribution in [1.82, 2.24) is 14.9 Å². The van der Waals surface area contributed by atoms with Crippen molar-refractivity contribution in [3.63, 3.8) is 0 Å². The largest absolute Gasteiger partial charge is 0.389 e. The van der Waals surface area contributed by atoms with E-state index in [4.69, 9.17) is 9.72 Å². The number of aliphatic hydroxyl groups excluding tert-OH is 1. The van der Waals surface area contributed by atoms with Crippen molar-refractivity contribution in [2.45, 2.75) is 78.5 Å². The lowest BCUT2D eigenvalue weighted by molar-refractivity contribution is -0.00502. The molecular weight excluding hydrogens is 386 g/mol. The molecule has 2 N–H and O–H groups in total. The zero-order chi connectivity index (χ0) is 21.0. The maximum absolute atomic E-state index is 12.6. The van der Waals surface area contributed by atoms with E-state index in [1.54, 1.807) is 11.3 Å². The minimum atomic E-state index is -0.544. The molecule has 0 radical (unpaired) electrons. The van der Waals surface area contributed by atoms with Gasteiger partial charge in [0.1, 0.15) is 10.7 Å². The summed E-state index contributed by atoms with van der Waals surface area (Å²) in [4.78, 5) is 24.6. The molecule has 6 nitrogen and oxygen atoms in total. The Kier molecular flexibility index (Phi) is 7.85. The van der Waals surface area contributed by atoms with Crippen molar-refractivity contribution < 1.29 is 9.84 Å². The molecule has 2 heterocycles. The molecule has 1 aliphatic rings. The van der Waals surface area contributed by atoms with Crippen LogP contribution >= 0.6 is 11.3 Å². The fourth-order valence-electron chi connectivity index (χ4n) is 4.12. The summed E-state index contributed by atoms with van der Waals surface area (Å²) in [5, 5.41) is 11.3. The van der Waals surface area contributed by atoms with Gasteiger partial charge in [-0.15, -0.1) is 11.3 Å². The van der Waals surface area contributed by atoms with Crippen LogP contribution < -0.4 is 5.56 Å². The Hall–Kier alpha value is -1.28. The molecule has 0 aromatic carbocycles. The molecule has 0 aliphatic heterocycles. The van der Waals surface area contributed by atoms with Crippen LogP contribution in [-0.4, -0.2) is 51.9 Å². The quantitative estimate of drug-likeness (QED) is 0.644. The van der Waals surface area contributed by atoms with Gasteiger partial charge in [-0.2, -0.15) is 0 Å². The predicted molar refractivity (Wildman–Crippen MR) is 119 cm³/mol. The molecule has 0 spiro atoms. The van der Waals surface area contributed by atoms with Crippen molar-refractivity contribution in [2.75, 3.05) is 19.8 Å². The van der Waals surface area contributed by atoms with Crippen LogP contribution in [0.5, 0.6) is 0 Å². The lowest BCUT2D eigenvalue weighted by Gasteiger charge is -2.35. The lowest BCUT2D eigenvalue weighted by Crippen LogP contribution is -2.43. The standard InChI is InChI=1S/C22H35N3O3S/c1-14(2)12-28-13-18(26)10-25(17-8-6-5-7-9-17)11-19-23-21(27)20-15(3)16(4)29-22(20)24-19/h14,17-18,26H,5-13H2,1-4H3,(H,23,24,27). The van der Waals surface area contributed by atoms with E-state index in [1.807, 2.05) is 13.8 Å². The first kappa shape index (κ1) is 22.4. The number of hydrogen-bond acceptors (Lipinski definition) is 6. The van der Waals surface area contributed by atoms with Crippen molar-refractivity contribution >= 4 is 21.6 Å². The predicted octanol–water partition coefficient (Wildman–Crippen LogP) is 3.77. The molecule has 2 aromatic rings. The zero-order valence-electron chi connectivity index (χ0n) is 18.2. The van der Waals surface area contributed by atoms with Crippen molar-refractivity contribution in [1.29, 1.82) is 0 Å². The molecule has 3 rings (SSSR count). The molecule has 1 saturated carbocycles. The molecule has 7 heteroatoms. The molecule has 0 amide bonds.